The zero-order valence-electron chi connectivity index (χ0n) is 14.9. The molecule has 3 rings (SSSR count). The molecule has 0 bridgehead atoms. The first kappa shape index (κ1) is 20.1. The molecule has 0 fully saturated rings. The third-order valence-electron chi connectivity index (χ3n) is 3.82. The van der Waals surface area contributed by atoms with Gasteiger partial charge in [-0.25, -0.2) is 4.79 Å². The average Bonchev–Trinajstić information content (AvgIpc) is 3.31. The van der Waals surface area contributed by atoms with Crippen molar-refractivity contribution in [1.82, 2.24) is 0 Å². The van der Waals surface area contributed by atoms with Crippen molar-refractivity contribution in [3.8, 4) is 0 Å². The molecule has 1 aromatic carbocycles. The fraction of sp³-hybridized carbons (Fsp3) is 0.105. The van der Waals surface area contributed by atoms with Crippen LogP contribution in [0, 0.1) is 6.92 Å². The second-order valence-electron chi connectivity index (χ2n) is 5.64. The van der Waals surface area contributed by atoms with E-state index in [-0.39, 0.29) is 16.5 Å². The first-order valence-electron chi connectivity index (χ1n) is 8.04. The number of rotatable bonds is 5. The largest absolute Gasteiger partial charge is 0.465 e. The molecule has 9 heteroatoms. The Kier molecular flexibility index (Phi) is 6.13. The first-order valence-corrected chi connectivity index (χ1v) is 10.1. The van der Waals surface area contributed by atoms with Crippen LogP contribution < -0.4 is 10.6 Å². The highest BCUT2D eigenvalue weighted by Gasteiger charge is 2.26. The van der Waals surface area contributed by atoms with Crippen LogP contribution in [0.3, 0.4) is 0 Å². The minimum atomic E-state index is -0.624. The van der Waals surface area contributed by atoms with Crippen molar-refractivity contribution in [2.75, 3.05) is 17.7 Å². The van der Waals surface area contributed by atoms with Crippen LogP contribution in [-0.4, -0.2) is 24.9 Å². The van der Waals surface area contributed by atoms with E-state index in [1.54, 1.807) is 48.7 Å². The van der Waals surface area contributed by atoms with Gasteiger partial charge in [0.25, 0.3) is 11.8 Å². The highest BCUT2D eigenvalue weighted by Crippen LogP contribution is 2.34. The molecule has 2 aromatic heterocycles. The van der Waals surface area contributed by atoms with Crippen LogP contribution in [0.1, 0.15) is 35.3 Å². The number of ether oxygens (including phenoxy) is 1. The summed E-state index contributed by atoms with van der Waals surface area (Å²) < 4.78 is 4.83. The molecule has 3 aromatic rings. The Morgan fingerprint density at radius 2 is 1.75 bits per heavy atom. The molecule has 0 unspecified atom stereocenters. The molecule has 0 aliphatic heterocycles. The van der Waals surface area contributed by atoms with Crippen LogP contribution >= 0.6 is 34.3 Å². The number of thiophene rings is 2. The Balaban J connectivity index is 1.92. The third kappa shape index (κ3) is 4.24. The van der Waals surface area contributed by atoms with Crippen molar-refractivity contribution in [2.24, 2.45) is 0 Å². The number of carbonyl (C=O) groups is 3. The number of amides is 2. The van der Waals surface area contributed by atoms with Crippen LogP contribution in [0.2, 0.25) is 5.02 Å². The monoisotopic (exact) mass is 434 g/mol. The fourth-order valence-electron chi connectivity index (χ4n) is 2.46. The Labute approximate surface area is 174 Å². The van der Waals surface area contributed by atoms with Crippen molar-refractivity contribution in [1.29, 1.82) is 0 Å². The first-order chi connectivity index (χ1) is 13.4. The van der Waals surface area contributed by atoms with Gasteiger partial charge in [0.1, 0.15) is 5.00 Å². The number of hydrogen-bond acceptors (Lipinski definition) is 6. The van der Waals surface area contributed by atoms with Crippen LogP contribution in [0.5, 0.6) is 0 Å². The van der Waals surface area contributed by atoms with Crippen molar-refractivity contribution in [2.45, 2.75) is 6.92 Å². The summed E-state index contributed by atoms with van der Waals surface area (Å²) in [5.74, 6) is -1.38. The molecule has 6 nitrogen and oxygen atoms in total. The van der Waals surface area contributed by atoms with Crippen molar-refractivity contribution in [3.63, 3.8) is 0 Å². The van der Waals surface area contributed by atoms with Gasteiger partial charge in [0.05, 0.1) is 22.4 Å². The molecule has 0 atom stereocenters. The maximum atomic E-state index is 12.7. The normalized spacial score (nSPS) is 10.4. The lowest BCUT2D eigenvalue weighted by Crippen LogP contribution is -2.13. The van der Waals surface area contributed by atoms with Gasteiger partial charge in [-0.05, 0) is 48.2 Å². The number of hydrogen-bond donors (Lipinski definition) is 2. The van der Waals surface area contributed by atoms with E-state index in [9.17, 15) is 14.4 Å². The predicted octanol–water partition coefficient (Wildman–Crippen LogP) is 5.06. The number of benzene rings is 1. The summed E-state index contributed by atoms with van der Waals surface area (Å²) in [6.45, 7) is 1.64. The fourth-order valence-corrected chi connectivity index (χ4v) is 4.29. The molecule has 2 amide bonds. The lowest BCUT2D eigenvalue weighted by molar-refractivity contribution is 0.0601. The van der Waals surface area contributed by atoms with Gasteiger partial charge < -0.3 is 15.4 Å². The van der Waals surface area contributed by atoms with Gasteiger partial charge in [-0.2, -0.15) is 0 Å². The molecule has 0 saturated carbocycles. The molecule has 2 N–H and O–H groups in total. The van der Waals surface area contributed by atoms with Gasteiger partial charge in [-0.3, -0.25) is 9.59 Å². The van der Waals surface area contributed by atoms with Gasteiger partial charge in [0.2, 0.25) is 0 Å². The second kappa shape index (κ2) is 8.55. The van der Waals surface area contributed by atoms with E-state index in [0.29, 0.717) is 26.0 Å². The average molecular weight is 435 g/mol. The number of anilines is 2. The highest BCUT2D eigenvalue weighted by molar-refractivity contribution is 7.19. The van der Waals surface area contributed by atoms with Crippen LogP contribution in [0.25, 0.3) is 0 Å². The van der Waals surface area contributed by atoms with Gasteiger partial charge in [-0.1, -0.05) is 17.7 Å². The minimum Gasteiger partial charge on any atom is -0.465 e. The Morgan fingerprint density at radius 3 is 2.36 bits per heavy atom. The van der Waals surface area contributed by atoms with E-state index in [0.717, 1.165) is 11.3 Å². The number of methoxy groups -OCH3 is 1. The lowest BCUT2D eigenvalue weighted by Gasteiger charge is -2.05. The number of carbonyl (C=O) groups excluding carboxylic acids is 3. The molecule has 0 aliphatic carbocycles. The Hall–Kier alpha value is -2.68. The third-order valence-corrected chi connectivity index (χ3v) is 6.14. The standard InChI is InChI=1S/C19H15ClN2O4S2/c1-10-14(19(25)26-2)18(22-16(23)13-4-3-9-27-13)28-15(10)17(24)21-12-7-5-11(20)6-8-12/h3-9H,1-2H3,(H,21,24)(H,22,23). The van der Waals surface area contributed by atoms with Crippen molar-refractivity contribution in [3.05, 3.63) is 67.7 Å². The van der Waals surface area contributed by atoms with Crippen molar-refractivity contribution < 1.29 is 19.1 Å². The molecule has 28 heavy (non-hydrogen) atoms. The molecule has 0 spiro atoms. The summed E-state index contributed by atoms with van der Waals surface area (Å²) in [4.78, 5) is 38.1. The topological polar surface area (TPSA) is 84.5 Å². The van der Waals surface area contributed by atoms with E-state index < -0.39 is 11.9 Å². The van der Waals surface area contributed by atoms with Crippen LogP contribution in [-0.2, 0) is 4.74 Å². The SMILES string of the molecule is COC(=O)c1c(NC(=O)c2cccs2)sc(C(=O)Nc2ccc(Cl)cc2)c1C. The Bertz CT molecular complexity index is 1030. The molecular weight excluding hydrogens is 420 g/mol. The van der Waals surface area contributed by atoms with Gasteiger partial charge in [-0.15, -0.1) is 22.7 Å². The molecule has 0 saturated heterocycles. The summed E-state index contributed by atoms with van der Waals surface area (Å²) in [5, 5.41) is 8.06. The molecule has 144 valence electrons. The molecular formula is C19H15ClN2O4S2. The number of nitrogens with one attached hydrogen (secondary N) is 2. The van der Waals surface area contributed by atoms with Crippen LogP contribution in [0.4, 0.5) is 10.7 Å². The summed E-state index contributed by atoms with van der Waals surface area (Å²) in [6.07, 6.45) is 0. The van der Waals surface area contributed by atoms with E-state index >= 15 is 0 Å². The Morgan fingerprint density at radius 1 is 1.04 bits per heavy atom. The van der Waals surface area contributed by atoms with Crippen molar-refractivity contribution >= 4 is 62.7 Å². The summed E-state index contributed by atoms with van der Waals surface area (Å²) in [5.41, 5.74) is 1.16. The van der Waals surface area contributed by atoms with Gasteiger partial charge >= 0.3 is 5.97 Å². The van der Waals surface area contributed by atoms with E-state index in [4.69, 9.17) is 16.3 Å². The smallest absolute Gasteiger partial charge is 0.341 e. The molecule has 0 radical (unpaired) electrons. The maximum Gasteiger partial charge on any atom is 0.341 e. The molecule has 2 heterocycles. The van der Waals surface area contributed by atoms with Gasteiger partial charge in [0, 0.05) is 10.7 Å². The number of halogens is 1. The summed E-state index contributed by atoms with van der Waals surface area (Å²) in [7, 11) is 1.25. The lowest BCUT2D eigenvalue weighted by atomic mass is 10.1. The van der Waals surface area contributed by atoms with E-state index in [2.05, 4.69) is 10.6 Å². The van der Waals surface area contributed by atoms with E-state index in [1.807, 2.05) is 0 Å². The maximum absolute atomic E-state index is 12.7. The molecule has 0 aliphatic rings. The highest BCUT2D eigenvalue weighted by atomic mass is 35.5. The van der Waals surface area contributed by atoms with Gasteiger partial charge in [0.15, 0.2) is 0 Å². The quantitative estimate of drug-likeness (QED) is 0.549. The second-order valence-corrected chi connectivity index (χ2v) is 8.05. The van der Waals surface area contributed by atoms with Crippen LogP contribution in [0.15, 0.2) is 41.8 Å². The van der Waals surface area contributed by atoms with E-state index in [1.165, 1.54) is 18.4 Å². The minimum absolute atomic E-state index is 0.165. The predicted molar refractivity (Wildman–Crippen MR) is 112 cm³/mol. The number of esters is 1. The summed E-state index contributed by atoms with van der Waals surface area (Å²) in [6, 6.07) is 10.1. The zero-order valence-corrected chi connectivity index (χ0v) is 17.3. The zero-order chi connectivity index (χ0) is 20.3. The summed E-state index contributed by atoms with van der Waals surface area (Å²) >= 11 is 8.15.